The molecule has 0 atom stereocenters. The lowest BCUT2D eigenvalue weighted by molar-refractivity contribution is 0.0164. The molecule has 1 aromatic heterocycles. The summed E-state index contributed by atoms with van der Waals surface area (Å²) in [5.41, 5.74) is 0.279. The molecular formula is C14H16O3. The van der Waals surface area contributed by atoms with Gasteiger partial charge in [0.05, 0.1) is 5.60 Å². The van der Waals surface area contributed by atoms with Crippen LogP contribution in [0.1, 0.15) is 30.8 Å². The van der Waals surface area contributed by atoms with Crippen LogP contribution in [0.25, 0.3) is 11.0 Å². The molecule has 0 spiro atoms. The van der Waals surface area contributed by atoms with Crippen molar-refractivity contribution in [3.63, 3.8) is 0 Å². The third-order valence-corrected chi connectivity index (χ3v) is 2.84. The van der Waals surface area contributed by atoms with Gasteiger partial charge in [-0.15, -0.1) is 0 Å². The molecule has 90 valence electrons. The van der Waals surface area contributed by atoms with Gasteiger partial charge in [0.2, 0.25) is 5.78 Å². The van der Waals surface area contributed by atoms with Crippen molar-refractivity contribution in [1.82, 2.24) is 0 Å². The van der Waals surface area contributed by atoms with Crippen molar-refractivity contribution in [2.45, 2.75) is 25.9 Å². The summed E-state index contributed by atoms with van der Waals surface area (Å²) in [4.78, 5) is 12.0. The highest BCUT2D eigenvalue weighted by atomic mass is 16.5. The highest BCUT2D eigenvalue weighted by Gasteiger charge is 2.24. The van der Waals surface area contributed by atoms with Gasteiger partial charge in [0.25, 0.3) is 0 Å². The second kappa shape index (κ2) is 4.34. The van der Waals surface area contributed by atoms with Crippen LogP contribution in [-0.4, -0.2) is 18.5 Å². The zero-order valence-electron chi connectivity index (χ0n) is 10.3. The van der Waals surface area contributed by atoms with E-state index in [1.54, 1.807) is 13.2 Å². The first-order chi connectivity index (χ1) is 8.02. The number of fused-ring (bicyclic) bond motifs is 1. The number of para-hydroxylation sites is 1. The molecule has 1 aromatic carbocycles. The fourth-order valence-corrected chi connectivity index (χ4v) is 1.67. The van der Waals surface area contributed by atoms with Crippen molar-refractivity contribution in [3.8, 4) is 0 Å². The van der Waals surface area contributed by atoms with E-state index in [1.165, 1.54) is 0 Å². The second-order valence-corrected chi connectivity index (χ2v) is 4.71. The molecular weight excluding hydrogens is 216 g/mol. The molecule has 0 saturated heterocycles. The van der Waals surface area contributed by atoms with Crippen molar-refractivity contribution in [3.05, 3.63) is 36.1 Å². The van der Waals surface area contributed by atoms with E-state index in [9.17, 15) is 4.79 Å². The Morgan fingerprint density at radius 1 is 1.35 bits per heavy atom. The van der Waals surface area contributed by atoms with Gasteiger partial charge in [0.1, 0.15) is 5.58 Å². The molecule has 0 amide bonds. The number of methoxy groups -OCH3 is 1. The van der Waals surface area contributed by atoms with Crippen LogP contribution < -0.4 is 0 Å². The van der Waals surface area contributed by atoms with E-state index in [0.29, 0.717) is 12.2 Å². The van der Waals surface area contributed by atoms with Gasteiger partial charge in [-0.25, -0.2) is 0 Å². The minimum atomic E-state index is -0.462. The molecule has 0 N–H and O–H groups in total. The molecule has 3 nitrogen and oxygen atoms in total. The standard InChI is InChI=1S/C14H16O3/c1-14(2,16-3)9-11(15)13-8-10-6-4-5-7-12(10)17-13/h4-8H,9H2,1-3H3. The second-order valence-electron chi connectivity index (χ2n) is 4.71. The fraction of sp³-hybridized carbons (Fsp3) is 0.357. The van der Waals surface area contributed by atoms with E-state index in [4.69, 9.17) is 9.15 Å². The van der Waals surface area contributed by atoms with Crippen molar-refractivity contribution in [2.24, 2.45) is 0 Å². The van der Waals surface area contributed by atoms with Crippen LogP contribution >= 0.6 is 0 Å². The molecule has 0 fully saturated rings. The van der Waals surface area contributed by atoms with Crippen LogP contribution in [-0.2, 0) is 4.74 Å². The maximum Gasteiger partial charge on any atom is 0.200 e. The van der Waals surface area contributed by atoms with Gasteiger partial charge in [-0.2, -0.15) is 0 Å². The average molecular weight is 232 g/mol. The maximum atomic E-state index is 12.0. The number of carbonyl (C=O) groups is 1. The van der Waals surface area contributed by atoms with E-state index in [-0.39, 0.29) is 5.78 Å². The number of ketones is 1. The molecule has 0 aliphatic carbocycles. The molecule has 0 radical (unpaired) electrons. The Hall–Kier alpha value is -1.61. The van der Waals surface area contributed by atoms with Crippen LogP contribution in [0.15, 0.2) is 34.7 Å². The predicted molar refractivity (Wildman–Crippen MR) is 66.2 cm³/mol. The minimum absolute atomic E-state index is 0.0342. The van der Waals surface area contributed by atoms with E-state index in [0.717, 1.165) is 11.0 Å². The Kier molecular flexibility index (Phi) is 3.03. The zero-order valence-corrected chi connectivity index (χ0v) is 10.3. The van der Waals surface area contributed by atoms with E-state index in [2.05, 4.69) is 0 Å². The van der Waals surface area contributed by atoms with Gasteiger partial charge in [-0.05, 0) is 26.0 Å². The summed E-state index contributed by atoms with van der Waals surface area (Å²) in [6.45, 7) is 3.76. The monoisotopic (exact) mass is 232 g/mol. The summed E-state index contributed by atoms with van der Waals surface area (Å²) in [6.07, 6.45) is 0.309. The quantitative estimate of drug-likeness (QED) is 0.758. The average Bonchev–Trinajstić information content (AvgIpc) is 2.72. The van der Waals surface area contributed by atoms with E-state index < -0.39 is 5.60 Å². The number of carbonyl (C=O) groups excluding carboxylic acids is 1. The van der Waals surface area contributed by atoms with Crippen LogP contribution in [0, 0.1) is 0 Å². The minimum Gasteiger partial charge on any atom is -0.453 e. The number of hydrogen-bond donors (Lipinski definition) is 0. The fourth-order valence-electron chi connectivity index (χ4n) is 1.67. The Morgan fingerprint density at radius 3 is 2.71 bits per heavy atom. The Labute approximate surface area is 100 Å². The summed E-state index contributed by atoms with van der Waals surface area (Å²) in [6, 6.07) is 9.37. The molecule has 0 aliphatic rings. The van der Waals surface area contributed by atoms with Crippen LogP contribution in [0.3, 0.4) is 0 Å². The molecule has 17 heavy (non-hydrogen) atoms. The number of furan rings is 1. The highest BCUT2D eigenvalue weighted by molar-refractivity contribution is 5.98. The van der Waals surface area contributed by atoms with E-state index >= 15 is 0 Å². The van der Waals surface area contributed by atoms with Crippen molar-refractivity contribution in [2.75, 3.05) is 7.11 Å². The molecule has 1 heterocycles. The lowest BCUT2D eigenvalue weighted by Crippen LogP contribution is -2.26. The summed E-state index contributed by atoms with van der Waals surface area (Å²) in [5, 5.41) is 0.950. The van der Waals surface area contributed by atoms with Gasteiger partial charge >= 0.3 is 0 Å². The summed E-state index contributed by atoms with van der Waals surface area (Å²) in [5.74, 6) is 0.365. The number of ether oxygens (including phenoxy) is 1. The smallest absolute Gasteiger partial charge is 0.200 e. The number of hydrogen-bond acceptors (Lipinski definition) is 3. The topological polar surface area (TPSA) is 39.4 Å². The summed E-state index contributed by atoms with van der Waals surface area (Å²) >= 11 is 0. The van der Waals surface area contributed by atoms with Gasteiger partial charge in [0, 0.05) is 18.9 Å². The molecule has 0 unspecified atom stereocenters. The summed E-state index contributed by atoms with van der Waals surface area (Å²) in [7, 11) is 1.60. The van der Waals surface area contributed by atoms with Crippen molar-refractivity contribution >= 4 is 16.8 Å². The lowest BCUT2D eigenvalue weighted by Gasteiger charge is -2.20. The third-order valence-electron chi connectivity index (χ3n) is 2.84. The first-order valence-corrected chi connectivity index (χ1v) is 5.59. The number of benzene rings is 1. The molecule has 2 aromatic rings. The largest absolute Gasteiger partial charge is 0.453 e. The Morgan fingerprint density at radius 2 is 2.06 bits per heavy atom. The first kappa shape index (κ1) is 11.9. The highest BCUT2D eigenvalue weighted by Crippen LogP contribution is 2.23. The zero-order chi connectivity index (χ0) is 12.5. The van der Waals surface area contributed by atoms with Crippen LogP contribution in [0.4, 0.5) is 0 Å². The predicted octanol–water partition coefficient (Wildman–Crippen LogP) is 3.43. The Bertz CT molecular complexity index is 504. The van der Waals surface area contributed by atoms with E-state index in [1.807, 2.05) is 38.1 Å². The van der Waals surface area contributed by atoms with Gasteiger partial charge in [-0.3, -0.25) is 4.79 Å². The summed E-state index contributed by atoms with van der Waals surface area (Å²) < 4.78 is 10.8. The molecule has 0 aliphatic heterocycles. The van der Waals surface area contributed by atoms with Gasteiger partial charge in [0.15, 0.2) is 5.76 Å². The van der Waals surface area contributed by atoms with Gasteiger partial charge < -0.3 is 9.15 Å². The number of rotatable bonds is 4. The molecule has 3 heteroatoms. The third kappa shape index (κ3) is 2.56. The molecule has 0 bridgehead atoms. The van der Waals surface area contributed by atoms with Crippen LogP contribution in [0.2, 0.25) is 0 Å². The van der Waals surface area contributed by atoms with Crippen LogP contribution in [0.5, 0.6) is 0 Å². The Balaban J connectivity index is 2.25. The first-order valence-electron chi connectivity index (χ1n) is 5.59. The maximum absolute atomic E-state index is 12.0. The van der Waals surface area contributed by atoms with Crippen molar-refractivity contribution in [1.29, 1.82) is 0 Å². The van der Waals surface area contributed by atoms with Gasteiger partial charge in [-0.1, -0.05) is 18.2 Å². The lowest BCUT2D eigenvalue weighted by atomic mass is 10.0. The molecule has 2 rings (SSSR count). The molecule has 0 saturated carbocycles. The SMILES string of the molecule is COC(C)(C)CC(=O)c1cc2ccccc2o1. The normalized spacial score (nSPS) is 11.9. The number of Topliss-reactive ketones (excluding diaryl/α,β-unsaturated/α-hetero) is 1. The van der Waals surface area contributed by atoms with Crippen molar-refractivity contribution < 1.29 is 13.9 Å².